The maximum atomic E-state index is 12.9. The average Bonchev–Trinajstić information content (AvgIpc) is 2.52. The molecule has 1 aliphatic rings. The van der Waals surface area contributed by atoms with Crippen molar-refractivity contribution < 1.29 is 27.9 Å². The van der Waals surface area contributed by atoms with Gasteiger partial charge in [0.15, 0.2) is 0 Å². The summed E-state index contributed by atoms with van der Waals surface area (Å²) in [7, 11) is 0. The fourth-order valence-electron chi connectivity index (χ4n) is 2.61. The van der Waals surface area contributed by atoms with E-state index in [1.54, 1.807) is 0 Å². The number of carbonyl (C=O) groups is 2. The highest BCUT2D eigenvalue weighted by atomic mass is 19.4. The van der Waals surface area contributed by atoms with Crippen LogP contribution in [0.5, 0.6) is 0 Å². The molecule has 1 heterocycles. The van der Waals surface area contributed by atoms with Crippen LogP contribution < -0.4 is 5.32 Å². The molecule has 0 aliphatic carbocycles. The third-order valence-electron chi connectivity index (χ3n) is 3.91. The maximum absolute atomic E-state index is 12.9. The summed E-state index contributed by atoms with van der Waals surface area (Å²) in [6.07, 6.45) is -4.74. The van der Waals surface area contributed by atoms with Gasteiger partial charge in [-0.05, 0) is 24.5 Å². The van der Waals surface area contributed by atoms with E-state index in [1.165, 1.54) is 23.1 Å². The van der Waals surface area contributed by atoms with Gasteiger partial charge < -0.3 is 15.3 Å². The molecule has 0 spiro atoms. The van der Waals surface area contributed by atoms with Gasteiger partial charge in [-0.25, -0.2) is 4.79 Å². The first kappa shape index (κ1) is 17.1. The van der Waals surface area contributed by atoms with Crippen molar-refractivity contribution in [1.82, 2.24) is 10.2 Å². The van der Waals surface area contributed by atoms with Gasteiger partial charge in [-0.15, -0.1) is 0 Å². The lowest BCUT2D eigenvalue weighted by molar-refractivity contribution is -0.138. The molecule has 0 atom stereocenters. The summed E-state index contributed by atoms with van der Waals surface area (Å²) in [5.41, 5.74) is -0.752. The monoisotopic (exact) mass is 330 g/mol. The zero-order chi connectivity index (χ0) is 17.0. The lowest BCUT2D eigenvalue weighted by Crippen LogP contribution is -2.42. The first-order chi connectivity index (χ1) is 10.8. The van der Waals surface area contributed by atoms with Gasteiger partial charge in [0.05, 0.1) is 5.56 Å². The van der Waals surface area contributed by atoms with Gasteiger partial charge in [-0.3, -0.25) is 4.79 Å². The lowest BCUT2D eigenvalue weighted by atomic mass is 9.96. The van der Waals surface area contributed by atoms with E-state index in [-0.39, 0.29) is 37.0 Å². The number of benzene rings is 1. The molecule has 0 saturated carbocycles. The third-order valence-corrected chi connectivity index (χ3v) is 3.91. The summed E-state index contributed by atoms with van der Waals surface area (Å²) in [6, 6.07) is 5.10. The SMILES string of the molecule is O=C(NCc1ccccc1C(F)(F)F)C1CCN(C(=O)O)CC1. The molecule has 8 heteroatoms. The summed E-state index contributed by atoms with van der Waals surface area (Å²) in [6.45, 7) is 0.312. The first-order valence-electron chi connectivity index (χ1n) is 7.19. The molecule has 2 N–H and O–H groups in total. The molecule has 1 saturated heterocycles. The minimum absolute atomic E-state index is 0.0105. The number of likely N-dealkylation sites (tertiary alicyclic amines) is 1. The quantitative estimate of drug-likeness (QED) is 0.895. The molecular formula is C15H17F3N2O3. The Morgan fingerprint density at radius 2 is 1.83 bits per heavy atom. The highest BCUT2D eigenvalue weighted by Crippen LogP contribution is 2.31. The van der Waals surface area contributed by atoms with Crippen LogP contribution in [0, 0.1) is 5.92 Å². The Kier molecular flexibility index (Phi) is 5.12. The minimum Gasteiger partial charge on any atom is -0.465 e. The highest BCUT2D eigenvalue weighted by molar-refractivity contribution is 5.79. The molecule has 23 heavy (non-hydrogen) atoms. The highest BCUT2D eigenvalue weighted by Gasteiger charge is 2.33. The van der Waals surface area contributed by atoms with Crippen LogP contribution >= 0.6 is 0 Å². The second kappa shape index (κ2) is 6.89. The van der Waals surface area contributed by atoms with Crippen molar-refractivity contribution in [2.24, 2.45) is 5.92 Å². The topological polar surface area (TPSA) is 69.6 Å². The van der Waals surface area contributed by atoms with E-state index >= 15 is 0 Å². The van der Waals surface area contributed by atoms with E-state index in [4.69, 9.17) is 5.11 Å². The zero-order valence-electron chi connectivity index (χ0n) is 12.3. The van der Waals surface area contributed by atoms with Gasteiger partial charge in [-0.2, -0.15) is 13.2 Å². The molecule has 2 rings (SSSR count). The second-order valence-electron chi connectivity index (χ2n) is 5.42. The van der Waals surface area contributed by atoms with Crippen molar-refractivity contribution >= 4 is 12.0 Å². The van der Waals surface area contributed by atoms with Gasteiger partial charge in [0.1, 0.15) is 0 Å². The minimum atomic E-state index is -4.46. The normalized spacial score (nSPS) is 16.2. The number of piperidine rings is 1. The number of carbonyl (C=O) groups excluding carboxylic acids is 1. The van der Waals surface area contributed by atoms with Crippen molar-refractivity contribution in [1.29, 1.82) is 0 Å². The Morgan fingerprint density at radius 1 is 1.22 bits per heavy atom. The Hall–Kier alpha value is -2.25. The number of carboxylic acid groups (broad SMARTS) is 1. The van der Waals surface area contributed by atoms with Crippen LogP contribution in [-0.2, 0) is 17.5 Å². The predicted octanol–water partition coefficient (Wildman–Crippen LogP) is 2.71. The van der Waals surface area contributed by atoms with Crippen molar-refractivity contribution in [3.8, 4) is 0 Å². The molecule has 0 bridgehead atoms. The zero-order valence-corrected chi connectivity index (χ0v) is 12.3. The number of nitrogens with one attached hydrogen (secondary N) is 1. The van der Waals surface area contributed by atoms with Gasteiger partial charge in [0.25, 0.3) is 0 Å². The summed E-state index contributed by atoms with van der Waals surface area (Å²) in [4.78, 5) is 24.1. The van der Waals surface area contributed by atoms with Crippen LogP contribution in [-0.4, -0.2) is 35.1 Å². The summed E-state index contributed by atoms with van der Waals surface area (Å²) in [5, 5.41) is 11.4. The van der Waals surface area contributed by atoms with Crippen molar-refractivity contribution in [3.63, 3.8) is 0 Å². The Balaban J connectivity index is 1.92. The standard InChI is InChI=1S/C15H17F3N2O3/c16-15(17,18)12-4-2-1-3-11(12)9-19-13(21)10-5-7-20(8-6-10)14(22)23/h1-4,10H,5-9H2,(H,19,21)(H,22,23). The fraction of sp³-hybridized carbons (Fsp3) is 0.467. The molecule has 0 aromatic heterocycles. The molecule has 0 unspecified atom stereocenters. The number of rotatable bonds is 3. The Labute approximate surface area is 131 Å². The van der Waals surface area contributed by atoms with Crippen molar-refractivity contribution in [2.75, 3.05) is 13.1 Å². The fourth-order valence-corrected chi connectivity index (χ4v) is 2.61. The summed E-state index contributed by atoms with van der Waals surface area (Å²) >= 11 is 0. The van der Waals surface area contributed by atoms with E-state index < -0.39 is 17.8 Å². The van der Waals surface area contributed by atoms with Gasteiger partial charge in [-0.1, -0.05) is 18.2 Å². The van der Waals surface area contributed by atoms with Gasteiger partial charge >= 0.3 is 12.3 Å². The van der Waals surface area contributed by atoms with Crippen LogP contribution in [0.2, 0.25) is 0 Å². The number of halogens is 3. The first-order valence-corrected chi connectivity index (χ1v) is 7.19. The molecular weight excluding hydrogens is 313 g/mol. The molecule has 126 valence electrons. The van der Waals surface area contributed by atoms with Crippen molar-refractivity contribution in [3.05, 3.63) is 35.4 Å². The molecule has 2 amide bonds. The molecule has 1 aromatic carbocycles. The van der Waals surface area contributed by atoms with Crippen LogP contribution in [0.1, 0.15) is 24.0 Å². The maximum Gasteiger partial charge on any atom is 0.416 e. The predicted molar refractivity (Wildman–Crippen MR) is 75.6 cm³/mol. The molecule has 1 aliphatic heterocycles. The Morgan fingerprint density at radius 3 is 2.39 bits per heavy atom. The number of alkyl halides is 3. The molecule has 0 radical (unpaired) electrons. The van der Waals surface area contributed by atoms with Gasteiger partial charge in [0, 0.05) is 25.6 Å². The number of nitrogens with zero attached hydrogens (tertiary/aromatic N) is 1. The van der Waals surface area contributed by atoms with E-state index in [2.05, 4.69) is 5.32 Å². The number of hydrogen-bond acceptors (Lipinski definition) is 2. The second-order valence-corrected chi connectivity index (χ2v) is 5.42. The molecule has 5 nitrogen and oxygen atoms in total. The van der Waals surface area contributed by atoms with Crippen molar-refractivity contribution in [2.45, 2.75) is 25.6 Å². The van der Waals surface area contributed by atoms with Crippen LogP contribution in [0.15, 0.2) is 24.3 Å². The largest absolute Gasteiger partial charge is 0.465 e. The third kappa shape index (κ3) is 4.37. The smallest absolute Gasteiger partial charge is 0.416 e. The Bertz CT molecular complexity index is 582. The number of hydrogen-bond donors (Lipinski definition) is 2. The summed E-state index contributed by atoms with van der Waals surface area (Å²) in [5.74, 6) is -0.712. The van der Waals surface area contributed by atoms with E-state index in [9.17, 15) is 22.8 Å². The summed E-state index contributed by atoms with van der Waals surface area (Å²) < 4.78 is 38.6. The lowest BCUT2D eigenvalue weighted by Gasteiger charge is -2.29. The van der Waals surface area contributed by atoms with Crippen LogP contribution in [0.25, 0.3) is 0 Å². The number of amides is 2. The molecule has 1 aromatic rings. The van der Waals surface area contributed by atoms with E-state index in [0.29, 0.717) is 12.8 Å². The van der Waals surface area contributed by atoms with Crippen LogP contribution in [0.4, 0.5) is 18.0 Å². The van der Waals surface area contributed by atoms with E-state index in [1.807, 2.05) is 0 Å². The van der Waals surface area contributed by atoms with Crippen LogP contribution in [0.3, 0.4) is 0 Å². The van der Waals surface area contributed by atoms with Gasteiger partial charge in [0.2, 0.25) is 5.91 Å². The van der Waals surface area contributed by atoms with E-state index in [0.717, 1.165) is 6.07 Å². The molecule has 1 fully saturated rings. The average molecular weight is 330 g/mol.